The van der Waals surface area contributed by atoms with Crippen LogP contribution in [-0.2, 0) is 6.42 Å². The number of nitrogens with one attached hydrogen (secondary N) is 1. The summed E-state index contributed by atoms with van der Waals surface area (Å²) in [6.45, 7) is 4.36. The highest BCUT2D eigenvalue weighted by atomic mass is 14.9. The van der Waals surface area contributed by atoms with Gasteiger partial charge in [-0.25, -0.2) is 0 Å². The van der Waals surface area contributed by atoms with Crippen LogP contribution >= 0.6 is 0 Å². The second kappa shape index (κ2) is 3.92. The Balaban J connectivity index is 1.93. The lowest BCUT2D eigenvalue weighted by Crippen LogP contribution is -2.04. The van der Waals surface area contributed by atoms with Crippen molar-refractivity contribution in [3.63, 3.8) is 0 Å². The molecule has 1 atom stereocenters. The summed E-state index contributed by atoms with van der Waals surface area (Å²) in [7, 11) is 0. The van der Waals surface area contributed by atoms with Crippen molar-refractivity contribution in [1.82, 2.24) is 0 Å². The van der Waals surface area contributed by atoms with Crippen molar-refractivity contribution < 1.29 is 0 Å². The average molecular weight is 223 g/mol. The van der Waals surface area contributed by atoms with Crippen molar-refractivity contribution in [2.75, 3.05) is 5.32 Å². The summed E-state index contributed by atoms with van der Waals surface area (Å²) < 4.78 is 0. The van der Waals surface area contributed by atoms with E-state index in [2.05, 4.69) is 61.6 Å². The zero-order valence-corrected chi connectivity index (χ0v) is 10.3. The van der Waals surface area contributed by atoms with Gasteiger partial charge < -0.3 is 5.32 Å². The molecule has 1 unspecified atom stereocenters. The fraction of sp³-hybridized carbons (Fsp3) is 0.250. The third-order valence-corrected chi connectivity index (χ3v) is 3.68. The summed E-state index contributed by atoms with van der Waals surface area (Å²) in [6, 6.07) is 15.7. The van der Waals surface area contributed by atoms with Gasteiger partial charge in [0.25, 0.3) is 0 Å². The zero-order chi connectivity index (χ0) is 11.8. The van der Waals surface area contributed by atoms with Crippen LogP contribution in [0.5, 0.6) is 0 Å². The van der Waals surface area contributed by atoms with Crippen LogP contribution in [0, 0.1) is 13.8 Å². The summed E-state index contributed by atoms with van der Waals surface area (Å²) in [5.74, 6) is 0. The summed E-state index contributed by atoms with van der Waals surface area (Å²) >= 11 is 0. The topological polar surface area (TPSA) is 12.0 Å². The zero-order valence-electron chi connectivity index (χ0n) is 10.3. The number of hydrogen-bond donors (Lipinski definition) is 1. The second-order valence-electron chi connectivity index (χ2n) is 4.91. The normalized spacial score (nSPS) is 17.6. The van der Waals surface area contributed by atoms with Crippen molar-refractivity contribution in [2.45, 2.75) is 26.3 Å². The number of anilines is 1. The SMILES string of the molecule is Cc1cc2c(cc1C)NC(c1ccccc1)C2. The smallest absolute Gasteiger partial charge is 0.0555 e. The Labute approximate surface area is 102 Å². The highest BCUT2D eigenvalue weighted by Crippen LogP contribution is 2.35. The molecule has 2 aromatic rings. The van der Waals surface area contributed by atoms with Gasteiger partial charge in [-0.2, -0.15) is 0 Å². The fourth-order valence-corrected chi connectivity index (χ4v) is 2.52. The Morgan fingerprint density at radius 3 is 2.47 bits per heavy atom. The number of fused-ring (bicyclic) bond motifs is 1. The molecular formula is C16H17N. The first-order chi connectivity index (χ1) is 8.24. The molecule has 3 rings (SSSR count). The minimum Gasteiger partial charge on any atom is -0.378 e. The molecule has 2 aromatic carbocycles. The van der Waals surface area contributed by atoms with Crippen molar-refractivity contribution >= 4 is 5.69 Å². The first-order valence-corrected chi connectivity index (χ1v) is 6.15. The largest absolute Gasteiger partial charge is 0.378 e. The molecule has 1 nitrogen and oxygen atoms in total. The van der Waals surface area contributed by atoms with Gasteiger partial charge in [0.2, 0.25) is 0 Å². The number of rotatable bonds is 1. The van der Waals surface area contributed by atoms with Crippen LogP contribution in [0.15, 0.2) is 42.5 Å². The van der Waals surface area contributed by atoms with Gasteiger partial charge in [0.05, 0.1) is 6.04 Å². The van der Waals surface area contributed by atoms with Gasteiger partial charge in [-0.1, -0.05) is 36.4 Å². The first kappa shape index (κ1) is 10.4. The van der Waals surface area contributed by atoms with Gasteiger partial charge in [-0.05, 0) is 48.6 Å². The van der Waals surface area contributed by atoms with Gasteiger partial charge in [-0.15, -0.1) is 0 Å². The molecule has 1 aliphatic heterocycles. The van der Waals surface area contributed by atoms with E-state index in [4.69, 9.17) is 0 Å². The van der Waals surface area contributed by atoms with Gasteiger partial charge in [0, 0.05) is 5.69 Å². The van der Waals surface area contributed by atoms with E-state index >= 15 is 0 Å². The predicted molar refractivity (Wildman–Crippen MR) is 72.4 cm³/mol. The summed E-state index contributed by atoms with van der Waals surface area (Å²) in [4.78, 5) is 0. The Morgan fingerprint density at radius 2 is 1.71 bits per heavy atom. The van der Waals surface area contributed by atoms with Crippen LogP contribution in [0.3, 0.4) is 0 Å². The van der Waals surface area contributed by atoms with E-state index in [-0.39, 0.29) is 0 Å². The molecule has 1 heterocycles. The van der Waals surface area contributed by atoms with E-state index in [0.29, 0.717) is 6.04 Å². The van der Waals surface area contributed by atoms with Crippen molar-refractivity contribution in [3.8, 4) is 0 Å². The molecule has 0 spiro atoms. The Bertz CT molecular complexity index is 512. The molecule has 0 saturated carbocycles. The van der Waals surface area contributed by atoms with Crippen molar-refractivity contribution in [3.05, 3.63) is 64.7 Å². The minimum absolute atomic E-state index is 0.437. The lowest BCUT2D eigenvalue weighted by Gasteiger charge is -2.11. The van der Waals surface area contributed by atoms with Crippen LogP contribution in [0.25, 0.3) is 0 Å². The average Bonchev–Trinajstić information content (AvgIpc) is 2.74. The Morgan fingerprint density at radius 1 is 1.00 bits per heavy atom. The molecule has 0 amide bonds. The molecule has 86 valence electrons. The molecule has 0 aliphatic carbocycles. The van der Waals surface area contributed by atoms with Crippen LogP contribution in [0.4, 0.5) is 5.69 Å². The predicted octanol–water partition coefficient (Wildman–Crippen LogP) is 4.01. The van der Waals surface area contributed by atoms with Crippen LogP contribution in [0.2, 0.25) is 0 Å². The number of benzene rings is 2. The van der Waals surface area contributed by atoms with E-state index in [1.807, 2.05) is 0 Å². The summed E-state index contributed by atoms with van der Waals surface area (Å²) in [5.41, 5.74) is 6.88. The van der Waals surface area contributed by atoms with Gasteiger partial charge in [0.1, 0.15) is 0 Å². The van der Waals surface area contributed by atoms with Crippen molar-refractivity contribution in [2.24, 2.45) is 0 Å². The third kappa shape index (κ3) is 1.82. The molecule has 1 heteroatoms. The van der Waals surface area contributed by atoms with Gasteiger partial charge >= 0.3 is 0 Å². The van der Waals surface area contributed by atoms with Crippen LogP contribution in [0.1, 0.15) is 28.3 Å². The summed E-state index contributed by atoms with van der Waals surface area (Å²) in [5, 5.41) is 3.62. The second-order valence-corrected chi connectivity index (χ2v) is 4.91. The lowest BCUT2D eigenvalue weighted by atomic mass is 10.0. The molecule has 0 saturated heterocycles. The molecule has 0 aromatic heterocycles. The van der Waals surface area contributed by atoms with Crippen LogP contribution < -0.4 is 5.32 Å². The highest BCUT2D eigenvalue weighted by molar-refractivity contribution is 5.61. The molecule has 17 heavy (non-hydrogen) atoms. The molecule has 1 N–H and O–H groups in total. The maximum absolute atomic E-state index is 3.62. The third-order valence-electron chi connectivity index (χ3n) is 3.68. The molecule has 1 aliphatic rings. The standard InChI is InChI=1S/C16H17N/c1-11-8-14-10-16(13-6-4-3-5-7-13)17-15(14)9-12(11)2/h3-9,16-17H,10H2,1-2H3. The molecule has 0 bridgehead atoms. The fourth-order valence-electron chi connectivity index (χ4n) is 2.52. The van der Waals surface area contributed by atoms with E-state index < -0.39 is 0 Å². The monoisotopic (exact) mass is 223 g/mol. The van der Waals surface area contributed by atoms with E-state index in [9.17, 15) is 0 Å². The van der Waals surface area contributed by atoms with Crippen molar-refractivity contribution in [1.29, 1.82) is 0 Å². The maximum atomic E-state index is 3.62. The van der Waals surface area contributed by atoms with E-state index in [0.717, 1.165) is 6.42 Å². The maximum Gasteiger partial charge on any atom is 0.0555 e. The van der Waals surface area contributed by atoms with E-state index in [1.54, 1.807) is 0 Å². The Kier molecular flexibility index (Phi) is 2.40. The lowest BCUT2D eigenvalue weighted by molar-refractivity contribution is 0.824. The van der Waals surface area contributed by atoms with Gasteiger partial charge in [-0.3, -0.25) is 0 Å². The first-order valence-electron chi connectivity index (χ1n) is 6.15. The summed E-state index contributed by atoms with van der Waals surface area (Å²) in [6.07, 6.45) is 1.10. The van der Waals surface area contributed by atoms with Gasteiger partial charge in [0.15, 0.2) is 0 Å². The quantitative estimate of drug-likeness (QED) is 0.770. The van der Waals surface area contributed by atoms with Crippen LogP contribution in [-0.4, -0.2) is 0 Å². The number of aryl methyl sites for hydroxylation is 2. The highest BCUT2D eigenvalue weighted by Gasteiger charge is 2.22. The molecule has 0 radical (unpaired) electrons. The Hall–Kier alpha value is -1.76. The molecule has 0 fully saturated rings. The number of hydrogen-bond acceptors (Lipinski definition) is 1. The minimum atomic E-state index is 0.437. The van der Waals surface area contributed by atoms with E-state index in [1.165, 1.54) is 27.9 Å². The molecular weight excluding hydrogens is 206 g/mol.